The zero-order valence-corrected chi connectivity index (χ0v) is 16.4. The van der Waals surface area contributed by atoms with Gasteiger partial charge >= 0.3 is 6.18 Å². The molecule has 10 heteroatoms. The predicted molar refractivity (Wildman–Crippen MR) is 98.5 cm³/mol. The first-order valence-electron chi connectivity index (χ1n) is 10.0. The Morgan fingerprint density at radius 3 is 2.79 bits per heavy atom. The Labute approximate surface area is 166 Å². The molecule has 0 unspecified atom stereocenters. The van der Waals surface area contributed by atoms with Crippen LogP contribution in [0.2, 0.25) is 0 Å². The number of nitrogens with zero attached hydrogens (tertiary/aromatic N) is 4. The SMILES string of the molecule is CCc1cc(C(=O)N2CCC[C@H]2c2cc3n(n2)[C@@H](C(F)(F)F)C[C@@H](CC)N3)no1. The lowest BCUT2D eigenvalue weighted by Crippen LogP contribution is -2.39. The molecule has 4 heterocycles. The van der Waals surface area contributed by atoms with E-state index in [0.717, 1.165) is 11.1 Å². The number of aromatic nitrogens is 3. The van der Waals surface area contributed by atoms with Gasteiger partial charge in [0.05, 0.1) is 11.7 Å². The van der Waals surface area contributed by atoms with Crippen LogP contribution in [-0.2, 0) is 6.42 Å². The molecule has 7 nitrogen and oxygen atoms in total. The van der Waals surface area contributed by atoms with Crippen LogP contribution in [0, 0.1) is 0 Å². The number of rotatable bonds is 4. The normalized spacial score (nSPS) is 24.4. The van der Waals surface area contributed by atoms with Crippen molar-refractivity contribution < 1.29 is 22.5 Å². The van der Waals surface area contributed by atoms with E-state index in [2.05, 4.69) is 15.6 Å². The summed E-state index contributed by atoms with van der Waals surface area (Å²) in [7, 11) is 0. The second-order valence-corrected chi connectivity index (χ2v) is 7.63. The number of fused-ring (bicyclic) bond motifs is 1. The number of hydrogen-bond acceptors (Lipinski definition) is 5. The van der Waals surface area contributed by atoms with E-state index in [1.165, 1.54) is 0 Å². The molecule has 1 fully saturated rings. The van der Waals surface area contributed by atoms with Gasteiger partial charge in [-0.15, -0.1) is 0 Å². The minimum absolute atomic E-state index is 0.0554. The fourth-order valence-corrected chi connectivity index (χ4v) is 4.14. The molecule has 0 radical (unpaired) electrons. The van der Waals surface area contributed by atoms with Crippen LogP contribution in [0.15, 0.2) is 16.7 Å². The summed E-state index contributed by atoms with van der Waals surface area (Å²) in [4.78, 5) is 14.5. The Morgan fingerprint density at radius 2 is 2.14 bits per heavy atom. The van der Waals surface area contributed by atoms with Crippen molar-refractivity contribution in [3.63, 3.8) is 0 Å². The Kier molecular flexibility index (Phi) is 5.04. The van der Waals surface area contributed by atoms with Crippen molar-refractivity contribution in [2.45, 2.75) is 70.3 Å². The number of alkyl halides is 3. The molecule has 2 aliphatic heterocycles. The number of anilines is 1. The van der Waals surface area contributed by atoms with Crippen molar-refractivity contribution in [1.29, 1.82) is 0 Å². The van der Waals surface area contributed by atoms with E-state index < -0.39 is 12.2 Å². The van der Waals surface area contributed by atoms with Gasteiger partial charge in [-0.3, -0.25) is 4.79 Å². The minimum atomic E-state index is -4.38. The van der Waals surface area contributed by atoms with Gasteiger partial charge in [0.25, 0.3) is 5.91 Å². The highest BCUT2D eigenvalue weighted by Crippen LogP contribution is 2.42. The highest BCUT2D eigenvalue weighted by molar-refractivity contribution is 5.92. The van der Waals surface area contributed by atoms with Crippen molar-refractivity contribution in [1.82, 2.24) is 19.8 Å². The fourth-order valence-electron chi connectivity index (χ4n) is 4.14. The second-order valence-electron chi connectivity index (χ2n) is 7.63. The third-order valence-electron chi connectivity index (χ3n) is 5.76. The van der Waals surface area contributed by atoms with Crippen LogP contribution in [0.5, 0.6) is 0 Å². The summed E-state index contributed by atoms with van der Waals surface area (Å²) in [6, 6.07) is 0.964. The molecule has 1 amide bonds. The molecular weight excluding hydrogens is 387 g/mol. The van der Waals surface area contributed by atoms with Crippen molar-refractivity contribution in [3.8, 4) is 0 Å². The van der Waals surface area contributed by atoms with E-state index in [0.29, 0.717) is 43.1 Å². The van der Waals surface area contributed by atoms with Gasteiger partial charge in [-0.2, -0.15) is 18.3 Å². The van der Waals surface area contributed by atoms with Gasteiger partial charge in [-0.05, 0) is 25.7 Å². The summed E-state index contributed by atoms with van der Waals surface area (Å²) < 4.78 is 47.0. The molecule has 0 saturated carbocycles. The summed E-state index contributed by atoms with van der Waals surface area (Å²) in [5, 5.41) is 11.3. The van der Waals surface area contributed by atoms with Crippen LogP contribution < -0.4 is 5.32 Å². The monoisotopic (exact) mass is 411 g/mol. The number of carbonyl (C=O) groups excluding carboxylic acids is 1. The quantitative estimate of drug-likeness (QED) is 0.820. The highest BCUT2D eigenvalue weighted by Gasteiger charge is 2.46. The van der Waals surface area contributed by atoms with Gasteiger partial charge in [0.15, 0.2) is 11.7 Å². The molecule has 4 rings (SSSR count). The zero-order chi connectivity index (χ0) is 20.8. The fraction of sp³-hybridized carbons (Fsp3) is 0.632. The first-order chi connectivity index (χ1) is 13.8. The maximum absolute atomic E-state index is 13.6. The molecule has 29 heavy (non-hydrogen) atoms. The molecule has 2 aromatic rings. The number of nitrogens with one attached hydrogen (secondary N) is 1. The maximum atomic E-state index is 13.6. The number of amides is 1. The van der Waals surface area contributed by atoms with Gasteiger partial charge < -0.3 is 14.7 Å². The van der Waals surface area contributed by atoms with Crippen LogP contribution in [-0.4, -0.2) is 44.5 Å². The molecule has 0 spiro atoms. The molecule has 0 aromatic carbocycles. The molecule has 0 aliphatic carbocycles. The standard InChI is InChI=1S/C19H24F3N5O2/c1-3-11-8-16(19(20,21)22)27-17(23-11)10-13(24-27)15-6-5-7-26(15)18(28)14-9-12(4-2)29-25-14/h9-11,15-16,23H,3-8H2,1-2H3/t11-,15+,16-/m1/s1. The van der Waals surface area contributed by atoms with E-state index in [1.54, 1.807) is 17.0 Å². The lowest BCUT2D eigenvalue weighted by molar-refractivity contribution is -0.173. The van der Waals surface area contributed by atoms with Crippen molar-refractivity contribution in [3.05, 3.63) is 29.3 Å². The van der Waals surface area contributed by atoms with Crippen molar-refractivity contribution in [2.24, 2.45) is 0 Å². The molecule has 3 atom stereocenters. The van der Waals surface area contributed by atoms with Gasteiger partial charge in [0, 0.05) is 31.1 Å². The summed E-state index contributed by atoms with van der Waals surface area (Å²) in [5.41, 5.74) is 0.693. The molecule has 2 aromatic heterocycles. The van der Waals surface area contributed by atoms with Gasteiger partial charge in [0.2, 0.25) is 0 Å². The Balaban J connectivity index is 1.63. The summed E-state index contributed by atoms with van der Waals surface area (Å²) in [6.45, 7) is 4.27. The first-order valence-corrected chi connectivity index (χ1v) is 10.0. The smallest absolute Gasteiger partial charge is 0.367 e. The van der Waals surface area contributed by atoms with Gasteiger partial charge in [-0.1, -0.05) is 19.0 Å². The summed E-state index contributed by atoms with van der Waals surface area (Å²) in [6.07, 6.45) is -1.82. The lowest BCUT2D eigenvalue weighted by atomic mass is 10.0. The van der Waals surface area contributed by atoms with Crippen LogP contribution in [0.1, 0.15) is 73.6 Å². The molecule has 158 valence electrons. The Hall–Kier alpha value is -2.52. The average Bonchev–Trinajstić information content (AvgIpc) is 3.43. The zero-order valence-electron chi connectivity index (χ0n) is 16.4. The van der Waals surface area contributed by atoms with E-state index in [9.17, 15) is 18.0 Å². The third-order valence-corrected chi connectivity index (χ3v) is 5.76. The molecule has 1 saturated heterocycles. The minimum Gasteiger partial charge on any atom is -0.367 e. The molecule has 2 aliphatic rings. The largest absolute Gasteiger partial charge is 0.410 e. The Morgan fingerprint density at radius 1 is 1.34 bits per heavy atom. The molecular formula is C19H24F3N5O2. The second kappa shape index (κ2) is 7.38. The van der Waals surface area contributed by atoms with E-state index >= 15 is 0 Å². The van der Waals surface area contributed by atoms with E-state index in [-0.39, 0.29) is 30.1 Å². The first kappa shape index (κ1) is 19.8. The van der Waals surface area contributed by atoms with Crippen LogP contribution in [0.3, 0.4) is 0 Å². The number of likely N-dealkylation sites (tertiary alicyclic amines) is 1. The van der Waals surface area contributed by atoms with Crippen molar-refractivity contribution in [2.75, 3.05) is 11.9 Å². The third kappa shape index (κ3) is 3.60. The van der Waals surface area contributed by atoms with Gasteiger partial charge in [0.1, 0.15) is 11.6 Å². The number of hydrogen-bond donors (Lipinski definition) is 1. The molecule has 0 bridgehead atoms. The Bertz CT molecular complexity index is 891. The highest BCUT2D eigenvalue weighted by atomic mass is 19.4. The number of aryl methyl sites for hydroxylation is 1. The maximum Gasteiger partial charge on any atom is 0.410 e. The summed E-state index contributed by atoms with van der Waals surface area (Å²) in [5.74, 6) is 0.687. The van der Waals surface area contributed by atoms with Crippen molar-refractivity contribution >= 4 is 11.7 Å². The average molecular weight is 411 g/mol. The van der Waals surface area contributed by atoms with Crippen LogP contribution in [0.4, 0.5) is 19.0 Å². The van der Waals surface area contributed by atoms with E-state index in [1.807, 2.05) is 13.8 Å². The topological polar surface area (TPSA) is 76.2 Å². The number of halogens is 3. The van der Waals surface area contributed by atoms with E-state index in [4.69, 9.17) is 4.52 Å². The summed E-state index contributed by atoms with van der Waals surface area (Å²) >= 11 is 0. The number of carbonyl (C=O) groups is 1. The van der Waals surface area contributed by atoms with Crippen LogP contribution in [0.25, 0.3) is 0 Å². The van der Waals surface area contributed by atoms with Gasteiger partial charge in [-0.25, -0.2) is 4.68 Å². The van der Waals surface area contributed by atoms with Crippen LogP contribution >= 0.6 is 0 Å². The predicted octanol–water partition coefficient (Wildman–Crippen LogP) is 4.11. The molecule has 1 N–H and O–H groups in total. The lowest BCUT2D eigenvalue weighted by Gasteiger charge is -2.32.